The van der Waals surface area contributed by atoms with E-state index in [1.54, 1.807) is 6.08 Å². The first-order valence-corrected chi connectivity index (χ1v) is 3.35. The molecule has 0 aliphatic carbocycles. The van der Waals surface area contributed by atoms with E-state index in [4.69, 9.17) is 5.73 Å². The Labute approximate surface area is 61.3 Å². The summed E-state index contributed by atoms with van der Waals surface area (Å²) >= 11 is 0. The molecule has 3 N–H and O–H groups in total. The number of rotatable bonds is 6. The Balaban J connectivity index is 3.48. The largest absolute Gasteiger partial charge is 0.356 e. The first-order chi connectivity index (χ1) is 4.85. The normalized spacial score (nSPS) is 12.1. The zero-order valence-electron chi connectivity index (χ0n) is 6.05. The van der Waals surface area contributed by atoms with Crippen LogP contribution < -0.4 is 11.1 Å². The highest BCUT2D eigenvalue weighted by atomic mass is 16.1. The lowest BCUT2D eigenvalue weighted by molar-refractivity contribution is -0.110. The average Bonchev–Trinajstić information content (AvgIpc) is 1.90. The summed E-state index contributed by atoms with van der Waals surface area (Å²) in [5.74, 6) is 0. The second kappa shape index (κ2) is 6.29. The first-order valence-electron chi connectivity index (χ1n) is 3.35. The van der Waals surface area contributed by atoms with Gasteiger partial charge in [-0.3, -0.25) is 4.79 Å². The van der Waals surface area contributed by atoms with Crippen LogP contribution in [-0.4, -0.2) is 19.0 Å². The average molecular weight is 142 g/mol. The van der Waals surface area contributed by atoms with Crippen LogP contribution in [-0.2, 0) is 4.79 Å². The van der Waals surface area contributed by atoms with Gasteiger partial charge in [0.25, 0.3) is 0 Å². The summed E-state index contributed by atoms with van der Waals surface area (Å²) in [4.78, 5) is 9.98. The Morgan fingerprint density at radius 2 is 2.40 bits per heavy atom. The number of hydrogen-bond donors (Lipinski definition) is 2. The summed E-state index contributed by atoms with van der Waals surface area (Å²) in [5.41, 5.74) is 5.30. The molecule has 0 unspecified atom stereocenters. The predicted molar refractivity (Wildman–Crippen MR) is 41.5 cm³/mol. The molecular formula is C7H14N2O. The van der Waals surface area contributed by atoms with Gasteiger partial charge in [-0.2, -0.15) is 0 Å². The van der Waals surface area contributed by atoms with Gasteiger partial charge >= 0.3 is 0 Å². The molecule has 0 saturated heterocycles. The van der Waals surface area contributed by atoms with Crippen molar-refractivity contribution >= 4 is 6.41 Å². The number of hydrogen-bond acceptors (Lipinski definition) is 2. The standard InChI is InChI=1S/C7H14N2O/c1-2-3-7(4-5-8)9-6-10/h2,6-7H,1,3-5,8H2,(H,9,10)/t7-/m1/s1. The van der Waals surface area contributed by atoms with E-state index in [9.17, 15) is 4.79 Å². The van der Waals surface area contributed by atoms with Crippen molar-refractivity contribution in [1.82, 2.24) is 5.32 Å². The maximum Gasteiger partial charge on any atom is 0.207 e. The molecule has 0 aromatic heterocycles. The van der Waals surface area contributed by atoms with E-state index in [-0.39, 0.29) is 6.04 Å². The number of amides is 1. The van der Waals surface area contributed by atoms with Crippen LogP contribution in [0.2, 0.25) is 0 Å². The Morgan fingerprint density at radius 3 is 2.80 bits per heavy atom. The van der Waals surface area contributed by atoms with Crippen molar-refractivity contribution in [2.75, 3.05) is 6.54 Å². The molecule has 0 bridgehead atoms. The molecule has 3 nitrogen and oxygen atoms in total. The number of carbonyl (C=O) groups is 1. The van der Waals surface area contributed by atoms with Crippen LogP contribution >= 0.6 is 0 Å². The molecule has 3 heteroatoms. The third-order valence-electron chi connectivity index (χ3n) is 1.27. The molecule has 10 heavy (non-hydrogen) atoms. The third kappa shape index (κ3) is 4.09. The van der Waals surface area contributed by atoms with E-state index in [1.807, 2.05) is 0 Å². The highest BCUT2D eigenvalue weighted by molar-refractivity contribution is 5.46. The van der Waals surface area contributed by atoms with Gasteiger partial charge in [0.15, 0.2) is 0 Å². The van der Waals surface area contributed by atoms with Crippen LogP contribution in [0.3, 0.4) is 0 Å². The fraction of sp³-hybridized carbons (Fsp3) is 0.571. The summed E-state index contributed by atoms with van der Waals surface area (Å²) in [7, 11) is 0. The molecule has 0 aliphatic rings. The smallest absolute Gasteiger partial charge is 0.207 e. The molecule has 0 radical (unpaired) electrons. The van der Waals surface area contributed by atoms with Crippen molar-refractivity contribution in [2.45, 2.75) is 18.9 Å². The van der Waals surface area contributed by atoms with Crippen molar-refractivity contribution in [1.29, 1.82) is 0 Å². The lowest BCUT2D eigenvalue weighted by Gasteiger charge is -2.11. The van der Waals surface area contributed by atoms with E-state index < -0.39 is 0 Å². The van der Waals surface area contributed by atoms with Gasteiger partial charge in [0.05, 0.1) is 0 Å². The number of nitrogens with one attached hydrogen (secondary N) is 1. The molecule has 0 fully saturated rings. The minimum atomic E-state index is 0.167. The Hall–Kier alpha value is -0.830. The Bertz CT molecular complexity index is 93.8. The summed E-state index contributed by atoms with van der Waals surface area (Å²) < 4.78 is 0. The van der Waals surface area contributed by atoms with Crippen molar-refractivity contribution < 1.29 is 4.79 Å². The molecule has 0 rings (SSSR count). The van der Waals surface area contributed by atoms with Crippen molar-refractivity contribution in [3.05, 3.63) is 12.7 Å². The zero-order valence-corrected chi connectivity index (χ0v) is 6.05. The molecule has 1 amide bonds. The summed E-state index contributed by atoms with van der Waals surface area (Å²) in [6.07, 6.45) is 4.07. The molecule has 0 saturated carbocycles. The number of carbonyl (C=O) groups excluding carboxylic acids is 1. The van der Waals surface area contributed by atoms with Gasteiger partial charge in [0, 0.05) is 6.04 Å². The molecule has 0 spiro atoms. The topological polar surface area (TPSA) is 55.1 Å². The minimum Gasteiger partial charge on any atom is -0.356 e. The maximum atomic E-state index is 9.98. The van der Waals surface area contributed by atoms with E-state index in [1.165, 1.54) is 0 Å². The van der Waals surface area contributed by atoms with Crippen LogP contribution in [0.5, 0.6) is 0 Å². The van der Waals surface area contributed by atoms with Gasteiger partial charge in [-0.1, -0.05) is 6.08 Å². The van der Waals surface area contributed by atoms with E-state index in [0.717, 1.165) is 12.8 Å². The molecule has 1 atom stereocenters. The van der Waals surface area contributed by atoms with Crippen molar-refractivity contribution in [2.24, 2.45) is 5.73 Å². The third-order valence-corrected chi connectivity index (χ3v) is 1.27. The molecular weight excluding hydrogens is 128 g/mol. The van der Waals surface area contributed by atoms with Crippen LogP contribution in [0.4, 0.5) is 0 Å². The van der Waals surface area contributed by atoms with Gasteiger partial charge in [-0.15, -0.1) is 6.58 Å². The molecule has 58 valence electrons. The van der Waals surface area contributed by atoms with E-state index >= 15 is 0 Å². The molecule has 0 aromatic rings. The van der Waals surface area contributed by atoms with Crippen molar-refractivity contribution in [3.63, 3.8) is 0 Å². The molecule has 0 aliphatic heterocycles. The van der Waals surface area contributed by atoms with Crippen LogP contribution in [0, 0.1) is 0 Å². The van der Waals surface area contributed by atoms with Gasteiger partial charge in [-0.25, -0.2) is 0 Å². The molecule has 0 heterocycles. The summed E-state index contributed by atoms with van der Waals surface area (Å²) in [6.45, 7) is 4.16. The fourth-order valence-electron chi connectivity index (χ4n) is 0.768. The SMILES string of the molecule is C=CC[C@H](CCN)NC=O. The summed E-state index contributed by atoms with van der Waals surface area (Å²) in [5, 5.41) is 2.65. The Kier molecular flexibility index (Phi) is 5.77. The van der Waals surface area contributed by atoms with Gasteiger partial charge < -0.3 is 11.1 Å². The van der Waals surface area contributed by atoms with Gasteiger partial charge in [-0.05, 0) is 19.4 Å². The Morgan fingerprint density at radius 1 is 1.70 bits per heavy atom. The van der Waals surface area contributed by atoms with Gasteiger partial charge in [0.2, 0.25) is 6.41 Å². The second-order valence-corrected chi connectivity index (χ2v) is 2.08. The highest BCUT2D eigenvalue weighted by Crippen LogP contribution is 1.95. The van der Waals surface area contributed by atoms with Crippen LogP contribution in [0.15, 0.2) is 12.7 Å². The lowest BCUT2D eigenvalue weighted by atomic mass is 10.1. The quantitative estimate of drug-likeness (QED) is 0.406. The summed E-state index contributed by atoms with van der Waals surface area (Å²) in [6, 6.07) is 0.167. The van der Waals surface area contributed by atoms with Crippen LogP contribution in [0.25, 0.3) is 0 Å². The highest BCUT2D eigenvalue weighted by Gasteiger charge is 2.01. The zero-order chi connectivity index (χ0) is 7.82. The molecule has 0 aromatic carbocycles. The maximum absolute atomic E-state index is 9.98. The van der Waals surface area contributed by atoms with Crippen molar-refractivity contribution in [3.8, 4) is 0 Å². The first kappa shape index (κ1) is 9.17. The lowest BCUT2D eigenvalue weighted by Crippen LogP contribution is -2.29. The van der Waals surface area contributed by atoms with Gasteiger partial charge in [0.1, 0.15) is 0 Å². The van der Waals surface area contributed by atoms with E-state index in [2.05, 4.69) is 11.9 Å². The minimum absolute atomic E-state index is 0.167. The second-order valence-electron chi connectivity index (χ2n) is 2.08. The monoisotopic (exact) mass is 142 g/mol. The number of nitrogens with two attached hydrogens (primary N) is 1. The van der Waals surface area contributed by atoms with Crippen LogP contribution in [0.1, 0.15) is 12.8 Å². The predicted octanol–water partition coefficient (Wildman–Crippen LogP) is 0.0259. The fourth-order valence-corrected chi connectivity index (χ4v) is 0.768. The van der Waals surface area contributed by atoms with E-state index in [0.29, 0.717) is 13.0 Å².